The molecule has 3 saturated heterocycles. The third-order valence-corrected chi connectivity index (χ3v) is 15.1. The van der Waals surface area contributed by atoms with Gasteiger partial charge >= 0.3 is 0 Å². The second-order valence-corrected chi connectivity index (χ2v) is 18.8. The molecule has 0 spiro atoms. The lowest BCUT2D eigenvalue weighted by molar-refractivity contribution is 0.0841. The summed E-state index contributed by atoms with van der Waals surface area (Å²) in [7, 11) is -16.4. The van der Waals surface area contributed by atoms with Gasteiger partial charge in [-0.05, 0) is 48.5 Å². The van der Waals surface area contributed by atoms with Gasteiger partial charge in [0.2, 0.25) is 20.0 Å². The van der Waals surface area contributed by atoms with Crippen molar-refractivity contribution in [1.29, 1.82) is 0 Å². The molecule has 2 aromatic carbocycles. The average Bonchev–Trinajstić information content (AvgIpc) is 3.24. The maximum Gasteiger partial charge on any atom is 0.243 e. The summed E-state index contributed by atoms with van der Waals surface area (Å²) in [6, 6.07) is 6.27. The quantitative estimate of drug-likeness (QED) is 0.463. The molecule has 0 aliphatic carbocycles. The summed E-state index contributed by atoms with van der Waals surface area (Å²) < 4.78 is 110. The molecular formula is C20H20Br2N2O8S4. The zero-order valence-electron chi connectivity index (χ0n) is 18.3. The maximum absolute atomic E-state index is 13.8. The molecular weight excluding hydrogens is 684 g/mol. The van der Waals surface area contributed by atoms with E-state index in [0.29, 0.717) is 8.95 Å². The molecule has 16 heteroatoms. The van der Waals surface area contributed by atoms with Crippen LogP contribution in [0.3, 0.4) is 0 Å². The van der Waals surface area contributed by atoms with Gasteiger partial charge in [0.15, 0.2) is 19.7 Å². The topological polar surface area (TPSA) is 143 Å². The lowest BCUT2D eigenvalue weighted by Crippen LogP contribution is -2.69. The van der Waals surface area contributed by atoms with Crippen LogP contribution in [0, 0.1) is 0 Å². The summed E-state index contributed by atoms with van der Waals surface area (Å²) >= 11 is 6.48. The molecule has 3 aliphatic rings. The molecule has 5 rings (SSSR count). The molecule has 4 atom stereocenters. The van der Waals surface area contributed by atoms with Crippen molar-refractivity contribution < 1.29 is 33.7 Å². The van der Waals surface area contributed by atoms with E-state index in [1.54, 1.807) is 0 Å². The van der Waals surface area contributed by atoms with Gasteiger partial charge in [0, 0.05) is 8.95 Å². The fourth-order valence-corrected chi connectivity index (χ4v) is 13.8. The number of hydrogen-bond donors (Lipinski definition) is 0. The first-order chi connectivity index (χ1) is 16.6. The summed E-state index contributed by atoms with van der Waals surface area (Å²) in [4.78, 5) is -0.276. The Kier molecular flexibility index (Phi) is 6.55. The SMILES string of the molecule is O=S1(=O)C[C@@H]2[C@H](C1)N(S(=O)(=O)c1ccc(Br)cc1)[C@H]1CS(=O)(=O)C[C@@H]1N2S(=O)(=O)c1ccc(Br)cc1. The van der Waals surface area contributed by atoms with Crippen molar-refractivity contribution in [3.05, 3.63) is 57.5 Å². The lowest BCUT2D eigenvalue weighted by atomic mass is 10.0. The Morgan fingerprint density at radius 1 is 0.556 bits per heavy atom. The van der Waals surface area contributed by atoms with Crippen LogP contribution in [0.2, 0.25) is 0 Å². The molecule has 3 heterocycles. The van der Waals surface area contributed by atoms with Gasteiger partial charge in [-0.3, -0.25) is 0 Å². The Hall–Kier alpha value is -0.880. The molecule has 3 fully saturated rings. The van der Waals surface area contributed by atoms with Gasteiger partial charge in [0.25, 0.3) is 0 Å². The number of halogens is 2. The van der Waals surface area contributed by atoms with Crippen LogP contribution in [0.15, 0.2) is 67.3 Å². The van der Waals surface area contributed by atoms with Gasteiger partial charge in [-0.25, -0.2) is 33.7 Å². The van der Waals surface area contributed by atoms with Crippen LogP contribution in [0.4, 0.5) is 0 Å². The Bertz CT molecular complexity index is 1480. The maximum atomic E-state index is 13.8. The second-order valence-electron chi connectivity index (χ2n) is 9.00. The first-order valence-corrected chi connectivity index (χ1v) is 18.7. The molecule has 196 valence electrons. The smallest absolute Gasteiger partial charge is 0.229 e. The van der Waals surface area contributed by atoms with Crippen LogP contribution in [-0.4, -0.2) is 89.5 Å². The van der Waals surface area contributed by atoms with Crippen molar-refractivity contribution in [3.63, 3.8) is 0 Å². The van der Waals surface area contributed by atoms with Gasteiger partial charge in [-0.15, -0.1) is 0 Å². The van der Waals surface area contributed by atoms with E-state index >= 15 is 0 Å². The monoisotopic (exact) mass is 702 g/mol. The number of nitrogens with zero attached hydrogens (tertiary/aromatic N) is 2. The molecule has 0 saturated carbocycles. The van der Waals surface area contributed by atoms with Crippen molar-refractivity contribution in [2.45, 2.75) is 34.0 Å². The van der Waals surface area contributed by atoms with Gasteiger partial charge < -0.3 is 0 Å². The largest absolute Gasteiger partial charge is 0.243 e. The molecule has 0 unspecified atom stereocenters. The molecule has 0 bridgehead atoms. The Labute approximate surface area is 226 Å². The van der Waals surface area contributed by atoms with E-state index < -0.39 is 86.9 Å². The number of sulfonamides is 2. The molecule has 0 radical (unpaired) electrons. The molecule has 0 amide bonds. The van der Waals surface area contributed by atoms with Crippen molar-refractivity contribution in [3.8, 4) is 0 Å². The van der Waals surface area contributed by atoms with E-state index in [4.69, 9.17) is 0 Å². The van der Waals surface area contributed by atoms with Gasteiger partial charge in [-0.1, -0.05) is 31.9 Å². The lowest BCUT2D eigenvalue weighted by Gasteiger charge is -2.48. The van der Waals surface area contributed by atoms with Crippen LogP contribution in [0.5, 0.6) is 0 Å². The minimum atomic E-state index is -4.37. The number of benzene rings is 2. The highest BCUT2D eigenvalue weighted by Gasteiger charge is 2.63. The normalized spacial score (nSPS) is 30.1. The van der Waals surface area contributed by atoms with Gasteiger partial charge in [-0.2, -0.15) is 8.61 Å². The Morgan fingerprint density at radius 3 is 1.06 bits per heavy atom. The minimum absolute atomic E-state index is 0.138. The molecule has 0 N–H and O–H groups in total. The number of fused-ring (bicyclic) bond motifs is 2. The first-order valence-electron chi connectivity index (χ1n) is 10.6. The van der Waals surface area contributed by atoms with Gasteiger partial charge in [0.05, 0.1) is 57.0 Å². The van der Waals surface area contributed by atoms with E-state index in [1.165, 1.54) is 48.5 Å². The molecule has 0 aromatic heterocycles. The Balaban J connectivity index is 1.70. The summed E-state index contributed by atoms with van der Waals surface area (Å²) in [5, 5.41) is 0. The van der Waals surface area contributed by atoms with Crippen molar-refractivity contribution >= 4 is 71.6 Å². The zero-order chi connectivity index (χ0) is 26.3. The van der Waals surface area contributed by atoms with Crippen LogP contribution < -0.4 is 0 Å². The summed E-state index contributed by atoms with van der Waals surface area (Å²) in [5.41, 5.74) is 0. The third-order valence-electron chi connectivity index (χ3n) is 6.67. The predicted molar refractivity (Wildman–Crippen MR) is 139 cm³/mol. The van der Waals surface area contributed by atoms with E-state index in [1.807, 2.05) is 0 Å². The Morgan fingerprint density at radius 2 is 0.806 bits per heavy atom. The van der Waals surface area contributed by atoms with Crippen LogP contribution in [0.1, 0.15) is 0 Å². The number of hydrogen-bond acceptors (Lipinski definition) is 8. The summed E-state index contributed by atoms with van der Waals surface area (Å²) in [5.74, 6) is -2.43. The number of rotatable bonds is 4. The van der Waals surface area contributed by atoms with E-state index in [9.17, 15) is 33.7 Å². The fraction of sp³-hybridized carbons (Fsp3) is 0.400. The number of sulfone groups is 2. The third kappa shape index (κ3) is 4.50. The second kappa shape index (κ2) is 8.83. The number of piperazine rings is 1. The zero-order valence-corrected chi connectivity index (χ0v) is 24.7. The van der Waals surface area contributed by atoms with E-state index in [2.05, 4.69) is 31.9 Å². The minimum Gasteiger partial charge on any atom is -0.229 e. The van der Waals surface area contributed by atoms with E-state index in [-0.39, 0.29) is 9.79 Å². The van der Waals surface area contributed by atoms with Crippen molar-refractivity contribution in [1.82, 2.24) is 8.61 Å². The predicted octanol–water partition coefficient (Wildman–Crippen LogP) is 1.24. The highest BCUT2D eigenvalue weighted by molar-refractivity contribution is 9.10. The van der Waals surface area contributed by atoms with Crippen LogP contribution in [-0.2, 0) is 39.7 Å². The van der Waals surface area contributed by atoms with Gasteiger partial charge in [0.1, 0.15) is 0 Å². The summed E-state index contributed by atoms with van der Waals surface area (Å²) in [6.07, 6.45) is 0. The fourth-order valence-electron chi connectivity index (χ4n) is 5.25. The van der Waals surface area contributed by atoms with Crippen molar-refractivity contribution in [2.24, 2.45) is 0 Å². The molecule has 3 aliphatic heterocycles. The molecule has 36 heavy (non-hydrogen) atoms. The molecule has 10 nitrogen and oxygen atoms in total. The van der Waals surface area contributed by atoms with Crippen molar-refractivity contribution in [2.75, 3.05) is 23.0 Å². The highest BCUT2D eigenvalue weighted by Crippen LogP contribution is 2.43. The average molecular weight is 704 g/mol. The van der Waals surface area contributed by atoms with Crippen LogP contribution >= 0.6 is 31.9 Å². The standard InChI is InChI=1S/C20H20Br2N2O8S4/c21-13-1-5-15(6-2-13)35(29,30)23-17-9-33(25,26)11-19(17)24(20-12-34(27,28)10-18(20)23)36(31,32)16-7-3-14(22)4-8-16/h1-8,17-20H,9-12H2/t17-,18-,19-,20+/m0/s1. The van der Waals surface area contributed by atoms with Crippen LogP contribution in [0.25, 0.3) is 0 Å². The summed E-state index contributed by atoms with van der Waals surface area (Å²) in [6.45, 7) is 0. The molecule has 2 aromatic rings. The first kappa shape index (κ1) is 26.7. The van der Waals surface area contributed by atoms with E-state index in [0.717, 1.165) is 8.61 Å². The highest BCUT2D eigenvalue weighted by atomic mass is 79.9.